The van der Waals surface area contributed by atoms with E-state index < -0.39 is 0 Å². The van der Waals surface area contributed by atoms with Crippen molar-refractivity contribution in [1.82, 2.24) is 0 Å². The quantitative estimate of drug-likeness (QED) is 0.666. The van der Waals surface area contributed by atoms with Gasteiger partial charge in [0.15, 0.2) is 0 Å². The van der Waals surface area contributed by atoms with Crippen molar-refractivity contribution < 1.29 is 4.39 Å². The van der Waals surface area contributed by atoms with Crippen molar-refractivity contribution in [3.63, 3.8) is 0 Å². The molecule has 0 fully saturated rings. The normalized spacial score (nSPS) is 10.5. The molecule has 4 heteroatoms. The Morgan fingerprint density at radius 3 is 2.25 bits per heavy atom. The molecule has 0 aliphatic rings. The van der Waals surface area contributed by atoms with Crippen LogP contribution in [0.4, 0.5) is 4.39 Å². The molecule has 0 atom stereocenters. The molecule has 1 radical (unpaired) electrons. The summed E-state index contributed by atoms with van der Waals surface area (Å²) in [5, 5.41) is 1.09. The van der Waals surface area contributed by atoms with E-state index in [1.165, 1.54) is 12.1 Å². The molecule has 16 heavy (non-hydrogen) atoms. The molecule has 0 aliphatic carbocycles. The van der Waals surface area contributed by atoms with E-state index in [1.54, 1.807) is 18.2 Å². The van der Waals surface area contributed by atoms with Crippen LogP contribution in [0.15, 0.2) is 30.3 Å². The van der Waals surface area contributed by atoms with Gasteiger partial charge in [0, 0.05) is 17.2 Å². The molecular formula is C12H5Cl3F. The van der Waals surface area contributed by atoms with E-state index in [2.05, 4.69) is 6.07 Å². The Kier molecular flexibility index (Phi) is 3.38. The molecule has 0 saturated heterocycles. The van der Waals surface area contributed by atoms with Crippen molar-refractivity contribution >= 4 is 34.8 Å². The highest BCUT2D eigenvalue weighted by molar-refractivity contribution is 6.37. The van der Waals surface area contributed by atoms with E-state index in [1.807, 2.05) is 0 Å². The van der Waals surface area contributed by atoms with Gasteiger partial charge < -0.3 is 0 Å². The molecule has 2 aromatic rings. The fourth-order valence-corrected chi connectivity index (χ4v) is 2.10. The molecule has 0 amide bonds. The molecule has 0 aromatic heterocycles. The summed E-state index contributed by atoms with van der Waals surface area (Å²) < 4.78 is 12.9. The van der Waals surface area contributed by atoms with Gasteiger partial charge in [-0.3, -0.25) is 0 Å². The van der Waals surface area contributed by atoms with Gasteiger partial charge in [0.2, 0.25) is 0 Å². The van der Waals surface area contributed by atoms with E-state index in [0.717, 1.165) is 0 Å². The lowest BCUT2D eigenvalue weighted by Gasteiger charge is -2.06. The minimum absolute atomic E-state index is 0.303. The Bertz CT molecular complexity index is 488. The summed E-state index contributed by atoms with van der Waals surface area (Å²) >= 11 is 17.7. The summed E-state index contributed by atoms with van der Waals surface area (Å²) in [7, 11) is 0. The third-order valence-corrected chi connectivity index (χ3v) is 2.91. The smallest absolute Gasteiger partial charge is 0.124 e. The monoisotopic (exact) mass is 273 g/mol. The topological polar surface area (TPSA) is 0 Å². The van der Waals surface area contributed by atoms with E-state index in [4.69, 9.17) is 34.8 Å². The maximum Gasteiger partial charge on any atom is 0.124 e. The van der Waals surface area contributed by atoms with Crippen molar-refractivity contribution in [2.75, 3.05) is 0 Å². The standard InChI is InChI=1S/C12H5Cl3F/c13-7-1-3-9(11(14)5-7)10-4-2-8(16)6-12(10)15/h1-4,6H. The van der Waals surface area contributed by atoms with Crippen LogP contribution in [-0.2, 0) is 0 Å². The lowest BCUT2D eigenvalue weighted by atomic mass is 10.1. The average molecular weight is 275 g/mol. The molecule has 0 nitrogen and oxygen atoms in total. The Balaban J connectivity index is 2.59. The van der Waals surface area contributed by atoms with Crippen LogP contribution in [0.1, 0.15) is 0 Å². The minimum Gasteiger partial charge on any atom is -0.207 e. The summed E-state index contributed by atoms with van der Waals surface area (Å²) in [4.78, 5) is 0. The second-order valence-electron chi connectivity index (χ2n) is 3.16. The van der Waals surface area contributed by atoms with Gasteiger partial charge >= 0.3 is 0 Å². The van der Waals surface area contributed by atoms with Gasteiger partial charge in [-0.25, -0.2) is 4.39 Å². The molecule has 2 rings (SSSR count). The zero-order valence-corrected chi connectivity index (χ0v) is 10.2. The highest BCUT2D eigenvalue weighted by Crippen LogP contribution is 2.34. The second-order valence-corrected chi connectivity index (χ2v) is 4.35. The predicted octanol–water partition coefficient (Wildman–Crippen LogP) is 5.25. The summed E-state index contributed by atoms with van der Waals surface area (Å²) in [5.74, 6) is -0.386. The molecule has 2 aromatic carbocycles. The summed E-state index contributed by atoms with van der Waals surface area (Å²) in [6, 6.07) is 10.3. The van der Waals surface area contributed by atoms with E-state index in [9.17, 15) is 4.39 Å². The minimum atomic E-state index is -0.386. The van der Waals surface area contributed by atoms with Crippen LogP contribution in [-0.4, -0.2) is 0 Å². The van der Waals surface area contributed by atoms with Crippen molar-refractivity contribution in [1.29, 1.82) is 0 Å². The Labute approximate surface area is 108 Å². The first kappa shape index (κ1) is 11.7. The van der Waals surface area contributed by atoms with Gasteiger partial charge in [-0.2, -0.15) is 0 Å². The summed E-state index contributed by atoms with van der Waals surface area (Å²) in [6.45, 7) is 0. The highest BCUT2D eigenvalue weighted by atomic mass is 35.5. The second kappa shape index (κ2) is 4.62. The van der Waals surface area contributed by atoms with Crippen molar-refractivity contribution in [3.8, 4) is 11.1 Å². The molecule has 0 N–H and O–H groups in total. The zero-order chi connectivity index (χ0) is 11.7. The Morgan fingerprint density at radius 2 is 1.62 bits per heavy atom. The lowest BCUT2D eigenvalue weighted by molar-refractivity contribution is 0.628. The molecule has 0 heterocycles. The largest absolute Gasteiger partial charge is 0.207 e. The first-order chi connectivity index (χ1) is 7.58. The number of benzene rings is 2. The molecule has 0 unspecified atom stereocenters. The van der Waals surface area contributed by atoms with Crippen molar-refractivity contribution in [3.05, 3.63) is 57.3 Å². The fraction of sp³-hybridized carbons (Fsp3) is 0. The van der Waals surface area contributed by atoms with Crippen LogP contribution in [0.25, 0.3) is 11.1 Å². The third-order valence-electron chi connectivity index (χ3n) is 2.08. The van der Waals surface area contributed by atoms with Crippen LogP contribution < -0.4 is 0 Å². The zero-order valence-electron chi connectivity index (χ0n) is 7.90. The van der Waals surface area contributed by atoms with Crippen LogP contribution in [0.3, 0.4) is 0 Å². The maximum atomic E-state index is 12.9. The van der Waals surface area contributed by atoms with Gasteiger partial charge in [-0.1, -0.05) is 40.9 Å². The number of rotatable bonds is 1. The van der Waals surface area contributed by atoms with E-state index >= 15 is 0 Å². The first-order valence-electron chi connectivity index (χ1n) is 4.40. The summed E-state index contributed by atoms with van der Waals surface area (Å²) in [6.07, 6.45) is 0. The van der Waals surface area contributed by atoms with Crippen molar-refractivity contribution in [2.24, 2.45) is 0 Å². The molecule has 81 valence electrons. The fourth-order valence-electron chi connectivity index (χ4n) is 1.36. The number of hydrogen-bond donors (Lipinski definition) is 0. The highest BCUT2D eigenvalue weighted by Gasteiger charge is 2.09. The van der Waals surface area contributed by atoms with Gasteiger partial charge in [-0.15, -0.1) is 0 Å². The number of hydrogen-bond acceptors (Lipinski definition) is 0. The van der Waals surface area contributed by atoms with Gasteiger partial charge in [0.05, 0.1) is 15.1 Å². The van der Waals surface area contributed by atoms with Crippen molar-refractivity contribution in [2.45, 2.75) is 0 Å². The SMILES string of the molecule is Fc1ccc(-c2ccc(Cl)[c]c2Cl)c(Cl)c1. The van der Waals surface area contributed by atoms with E-state index in [0.29, 0.717) is 26.2 Å². The molecule has 0 aliphatic heterocycles. The Morgan fingerprint density at radius 1 is 0.938 bits per heavy atom. The lowest BCUT2D eigenvalue weighted by Crippen LogP contribution is -1.83. The van der Waals surface area contributed by atoms with Crippen LogP contribution in [0.5, 0.6) is 0 Å². The van der Waals surface area contributed by atoms with Crippen LogP contribution >= 0.6 is 34.8 Å². The van der Waals surface area contributed by atoms with Gasteiger partial charge in [-0.05, 0) is 24.3 Å². The number of halogens is 4. The third kappa shape index (κ3) is 2.32. The molecular weight excluding hydrogens is 269 g/mol. The van der Waals surface area contributed by atoms with Gasteiger partial charge in [0.25, 0.3) is 0 Å². The predicted molar refractivity (Wildman–Crippen MR) is 65.7 cm³/mol. The van der Waals surface area contributed by atoms with Crippen LogP contribution in [0, 0.1) is 11.9 Å². The van der Waals surface area contributed by atoms with Crippen LogP contribution in [0.2, 0.25) is 15.1 Å². The maximum absolute atomic E-state index is 12.9. The summed E-state index contributed by atoms with van der Waals surface area (Å²) in [5.41, 5.74) is 1.33. The van der Waals surface area contributed by atoms with Gasteiger partial charge in [0.1, 0.15) is 5.82 Å². The average Bonchev–Trinajstić information content (AvgIpc) is 2.19. The van der Waals surface area contributed by atoms with E-state index in [-0.39, 0.29) is 5.82 Å². The first-order valence-corrected chi connectivity index (χ1v) is 5.54. The molecule has 0 saturated carbocycles. The molecule has 0 spiro atoms. The Hall–Kier alpha value is -0.760. The molecule has 0 bridgehead atoms.